The number of amides is 1. The number of nitrogens with one attached hydrogen (secondary N) is 1. The third-order valence-corrected chi connectivity index (χ3v) is 4.01. The van der Waals surface area contributed by atoms with E-state index in [1.165, 1.54) is 6.07 Å². The lowest BCUT2D eigenvalue weighted by Crippen LogP contribution is -2.39. The molecule has 0 saturated carbocycles. The summed E-state index contributed by atoms with van der Waals surface area (Å²) in [6, 6.07) is 4.68. The fourth-order valence-corrected chi connectivity index (χ4v) is 2.73. The Bertz CT molecular complexity index is 575. The number of nitro benzene ring substituents is 1. The van der Waals surface area contributed by atoms with Crippen LogP contribution in [0, 0.1) is 15.5 Å². The summed E-state index contributed by atoms with van der Waals surface area (Å²) < 4.78 is 0. The molecule has 1 aromatic rings. The van der Waals surface area contributed by atoms with Crippen molar-refractivity contribution in [3.63, 3.8) is 0 Å². The van der Waals surface area contributed by atoms with Gasteiger partial charge in [-0.05, 0) is 25.0 Å². The third-order valence-electron chi connectivity index (χ3n) is 4.01. The molecule has 7 nitrogen and oxygen atoms in total. The van der Waals surface area contributed by atoms with Crippen LogP contribution in [0.25, 0.3) is 0 Å². The van der Waals surface area contributed by atoms with Crippen LogP contribution in [0.15, 0.2) is 18.2 Å². The predicted molar refractivity (Wildman–Crippen MR) is 78.0 cm³/mol. The molecule has 0 bridgehead atoms. The van der Waals surface area contributed by atoms with E-state index >= 15 is 0 Å². The second-order valence-corrected chi connectivity index (χ2v) is 5.55. The molecule has 2 rings (SSSR count). The normalized spacial score (nSPS) is 21.4. The zero-order valence-corrected chi connectivity index (χ0v) is 12.1. The van der Waals surface area contributed by atoms with Gasteiger partial charge in [0, 0.05) is 26.2 Å². The summed E-state index contributed by atoms with van der Waals surface area (Å²) in [7, 11) is 1.59. The first-order chi connectivity index (χ1) is 9.91. The number of hydrogen-bond acceptors (Lipinski definition) is 5. The van der Waals surface area contributed by atoms with E-state index in [-0.39, 0.29) is 18.2 Å². The van der Waals surface area contributed by atoms with Gasteiger partial charge >= 0.3 is 0 Å². The van der Waals surface area contributed by atoms with E-state index in [4.69, 9.17) is 5.11 Å². The molecule has 1 aliphatic rings. The van der Waals surface area contributed by atoms with E-state index in [0.717, 1.165) is 0 Å². The third kappa shape index (κ3) is 2.82. The summed E-state index contributed by atoms with van der Waals surface area (Å²) >= 11 is 0. The predicted octanol–water partition coefficient (Wildman–Crippen LogP) is 1.05. The number of carbonyl (C=O) groups is 1. The van der Waals surface area contributed by atoms with Crippen molar-refractivity contribution in [2.75, 3.05) is 25.0 Å². The molecule has 21 heavy (non-hydrogen) atoms. The Hall–Kier alpha value is -2.15. The summed E-state index contributed by atoms with van der Waals surface area (Å²) in [5.41, 5.74) is 0.407. The Morgan fingerprint density at radius 2 is 2.29 bits per heavy atom. The van der Waals surface area contributed by atoms with Crippen LogP contribution in [0.5, 0.6) is 0 Å². The van der Waals surface area contributed by atoms with Gasteiger partial charge in [0.15, 0.2) is 0 Å². The second-order valence-electron chi connectivity index (χ2n) is 5.55. The zero-order valence-electron chi connectivity index (χ0n) is 12.1. The van der Waals surface area contributed by atoms with Gasteiger partial charge in [0.05, 0.1) is 16.9 Å². The molecule has 1 unspecified atom stereocenters. The monoisotopic (exact) mass is 293 g/mol. The van der Waals surface area contributed by atoms with Gasteiger partial charge in [-0.15, -0.1) is 0 Å². The minimum atomic E-state index is -0.543. The van der Waals surface area contributed by atoms with Crippen molar-refractivity contribution < 1.29 is 14.8 Å². The van der Waals surface area contributed by atoms with Crippen LogP contribution in [-0.2, 0) is 11.4 Å². The van der Waals surface area contributed by atoms with Gasteiger partial charge in [-0.2, -0.15) is 0 Å². The van der Waals surface area contributed by atoms with Crippen LogP contribution in [0.2, 0.25) is 0 Å². The summed E-state index contributed by atoms with van der Waals surface area (Å²) in [5, 5.41) is 23.0. The number of nitrogens with zero attached hydrogens (tertiary/aromatic N) is 2. The van der Waals surface area contributed by atoms with E-state index in [9.17, 15) is 14.9 Å². The zero-order chi connectivity index (χ0) is 15.6. The molecule has 1 heterocycles. The topological polar surface area (TPSA) is 95.7 Å². The molecule has 1 saturated heterocycles. The highest BCUT2D eigenvalue weighted by Crippen LogP contribution is 2.37. The van der Waals surface area contributed by atoms with E-state index in [2.05, 4.69) is 5.32 Å². The van der Waals surface area contributed by atoms with Crippen molar-refractivity contribution in [3.05, 3.63) is 33.9 Å². The van der Waals surface area contributed by atoms with Crippen molar-refractivity contribution in [2.24, 2.45) is 5.41 Å². The Kier molecular flexibility index (Phi) is 4.13. The number of aliphatic hydroxyl groups is 1. The summed E-state index contributed by atoms with van der Waals surface area (Å²) in [5.74, 6) is -0.0559. The summed E-state index contributed by atoms with van der Waals surface area (Å²) in [6.45, 7) is 2.64. The molecule has 0 radical (unpaired) electrons. The average molecular weight is 293 g/mol. The molecule has 2 N–H and O–H groups in total. The van der Waals surface area contributed by atoms with Crippen LogP contribution in [-0.4, -0.2) is 36.1 Å². The van der Waals surface area contributed by atoms with Crippen molar-refractivity contribution in [1.82, 2.24) is 5.32 Å². The quantitative estimate of drug-likeness (QED) is 0.639. The van der Waals surface area contributed by atoms with Gasteiger partial charge in [0.25, 0.3) is 5.69 Å². The van der Waals surface area contributed by atoms with Gasteiger partial charge in [0.1, 0.15) is 5.69 Å². The highest BCUT2D eigenvalue weighted by Gasteiger charge is 2.41. The van der Waals surface area contributed by atoms with E-state index in [0.29, 0.717) is 30.8 Å². The lowest BCUT2D eigenvalue weighted by molar-refractivity contribution is -0.384. The smallest absolute Gasteiger partial charge is 0.292 e. The largest absolute Gasteiger partial charge is 0.392 e. The molecule has 1 aliphatic heterocycles. The molecular formula is C14H19N3O4. The van der Waals surface area contributed by atoms with Gasteiger partial charge in [-0.1, -0.05) is 6.07 Å². The van der Waals surface area contributed by atoms with Gasteiger partial charge in [-0.3, -0.25) is 14.9 Å². The number of hydrogen-bond donors (Lipinski definition) is 2. The van der Waals surface area contributed by atoms with Crippen molar-refractivity contribution >= 4 is 17.3 Å². The first-order valence-corrected chi connectivity index (χ1v) is 6.76. The van der Waals surface area contributed by atoms with Gasteiger partial charge < -0.3 is 15.3 Å². The first kappa shape index (κ1) is 15.2. The second kappa shape index (κ2) is 5.69. The van der Waals surface area contributed by atoms with Crippen molar-refractivity contribution in [1.29, 1.82) is 0 Å². The molecule has 1 amide bonds. The van der Waals surface area contributed by atoms with Gasteiger partial charge in [-0.25, -0.2) is 0 Å². The molecule has 0 aliphatic carbocycles. The summed E-state index contributed by atoms with van der Waals surface area (Å²) in [6.07, 6.45) is 0.644. The van der Waals surface area contributed by atoms with Crippen LogP contribution in [0.1, 0.15) is 18.9 Å². The molecule has 0 spiro atoms. The fraction of sp³-hybridized carbons (Fsp3) is 0.500. The van der Waals surface area contributed by atoms with Crippen LogP contribution in [0.4, 0.5) is 11.4 Å². The van der Waals surface area contributed by atoms with Crippen molar-refractivity contribution in [2.45, 2.75) is 20.0 Å². The minimum Gasteiger partial charge on any atom is -0.392 e. The fourth-order valence-electron chi connectivity index (χ4n) is 2.73. The molecule has 114 valence electrons. The summed E-state index contributed by atoms with van der Waals surface area (Å²) in [4.78, 5) is 24.5. The van der Waals surface area contributed by atoms with Crippen LogP contribution >= 0.6 is 0 Å². The number of aliphatic hydroxyl groups excluding tert-OH is 1. The van der Waals surface area contributed by atoms with Gasteiger partial charge in [0.2, 0.25) is 5.91 Å². The number of rotatable bonds is 4. The van der Waals surface area contributed by atoms with Crippen LogP contribution in [0.3, 0.4) is 0 Å². The highest BCUT2D eigenvalue weighted by atomic mass is 16.6. The van der Waals surface area contributed by atoms with E-state index in [1.807, 2.05) is 11.8 Å². The van der Waals surface area contributed by atoms with Crippen LogP contribution < -0.4 is 10.2 Å². The first-order valence-electron chi connectivity index (χ1n) is 6.76. The Balaban J connectivity index is 2.32. The maximum Gasteiger partial charge on any atom is 0.292 e. The lowest BCUT2D eigenvalue weighted by Gasteiger charge is -2.23. The Morgan fingerprint density at radius 3 is 2.86 bits per heavy atom. The lowest BCUT2D eigenvalue weighted by atomic mass is 9.89. The Labute approximate surface area is 122 Å². The standard InChI is InChI=1S/C14H19N3O4/c1-14(13(19)15-2)5-6-16(9-14)11-4-3-10(8-18)7-12(11)17(20)21/h3-4,7,18H,5-6,8-9H2,1-2H3,(H,15,19). The molecular weight excluding hydrogens is 274 g/mol. The number of anilines is 1. The molecule has 0 aromatic heterocycles. The molecule has 1 atom stereocenters. The number of nitro groups is 1. The highest BCUT2D eigenvalue weighted by molar-refractivity contribution is 5.84. The maximum atomic E-state index is 11.9. The Morgan fingerprint density at radius 1 is 1.57 bits per heavy atom. The van der Waals surface area contributed by atoms with E-state index in [1.54, 1.807) is 19.2 Å². The van der Waals surface area contributed by atoms with E-state index < -0.39 is 10.3 Å². The molecule has 7 heteroatoms. The number of carbonyl (C=O) groups excluding carboxylic acids is 1. The maximum absolute atomic E-state index is 11.9. The molecule has 1 aromatic carbocycles. The number of benzene rings is 1. The average Bonchev–Trinajstić information content (AvgIpc) is 2.89. The van der Waals surface area contributed by atoms with Crippen molar-refractivity contribution in [3.8, 4) is 0 Å². The molecule has 1 fully saturated rings. The minimum absolute atomic E-state index is 0.0392. The SMILES string of the molecule is CNC(=O)C1(C)CCN(c2ccc(CO)cc2[N+](=O)[O-])C1.